The molecule has 1 fully saturated rings. The zero-order chi connectivity index (χ0) is 18.1. The van der Waals surface area contributed by atoms with Gasteiger partial charge < -0.3 is 9.84 Å². The minimum Gasteiger partial charge on any atom is -0.503 e. The molecule has 1 saturated heterocycles. The number of hydrogen-bond acceptors (Lipinski definition) is 4. The van der Waals surface area contributed by atoms with Gasteiger partial charge in [0.2, 0.25) is 0 Å². The molecule has 0 aliphatic carbocycles. The van der Waals surface area contributed by atoms with E-state index in [4.69, 9.17) is 16.3 Å². The fourth-order valence-corrected chi connectivity index (χ4v) is 2.96. The van der Waals surface area contributed by atoms with E-state index in [1.807, 2.05) is 6.07 Å². The summed E-state index contributed by atoms with van der Waals surface area (Å²) >= 11 is 9.30. The van der Waals surface area contributed by atoms with Gasteiger partial charge in [-0.3, -0.25) is 15.0 Å². The van der Waals surface area contributed by atoms with E-state index in [2.05, 4.69) is 21.4 Å². The highest BCUT2D eigenvalue weighted by Crippen LogP contribution is 2.42. The third-order valence-corrected chi connectivity index (χ3v) is 5.05. The maximum Gasteiger partial charge on any atom is 0.282 e. The van der Waals surface area contributed by atoms with Crippen molar-refractivity contribution in [1.29, 1.82) is 0 Å². The monoisotopic (exact) mass is 422 g/mol. The first kappa shape index (κ1) is 17.3. The van der Waals surface area contributed by atoms with Gasteiger partial charge in [-0.1, -0.05) is 29.8 Å². The van der Waals surface area contributed by atoms with E-state index in [0.717, 1.165) is 0 Å². The van der Waals surface area contributed by atoms with Crippen molar-refractivity contribution in [2.75, 3.05) is 12.1 Å². The number of methoxy groups -OCH3 is 1. The SMILES string of the molecule is COc1cc(C=C2C(=O)NN(c3ccccc3)C2=O)c(Br)c(Cl)c1O. The lowest BCUT2D eigenvalue weighted by molar-refractivity contribution is -0.117. The lowest BCUT2D eigenvalue weighted by atomic mass is 10.1. The fraction of sp³-hybridized carbons (Fsp3) is 0.0588. The molecule has 2 amide bonds. The van der Waals surface area contributed by atoms with Crippen LogP contribution in [0.15, 0.2) is 46.4 Å². The molecule has 0 spiro atoms. The Morgan fingerprint density at radius 2 is 1.96 bits per heavy atom. The van der Waals surface area contributed by atoms with E-state index in [0.29, 0.717) is 15.7 Å². The molecular formula is C17H12BrClN2O4. The van der Waals surface area contributed by atoms with Gasteiger partial charge in [0, 0.05) is 4.47 Å². The minimum atomic E-state index is -0.538. The van der Waals surface area contributed by atoms with Crippen LogP contribution in [0.1, 0.15) is 5.56 Å². The smallest absolute Gasteiger partial charge is 0.282 e. The standard InChI is InChI=1S/C17H12BrClN2O4/c1-25-12-8-9(13(18)14(19)15(12)22)7-11-16(23)20-21(17(11)24)10-5-3-2-4-6-10/h2-8,22H,1H3,(H,20,23). The highest BCUT2D eigenvalue weighted by atomic mass is 79.9. The van der Waals surface area contributed by atoms with Crippen LogP contribution in [0, 0.1) is 0 Å². The number of aromatic hydroxyl groups is 1. The van der Waals surface area contributed by atoms with Crippen LogP contribution in [0.4, 0.5) is 5.69 Å². The number of carbonyl (C=O) groups is 2. The fourth-order valence-electron chi connectivity index (χ4n) is 2.34. The van der Waals surface area contributed by atoms with Crippen molar-refractivity contribution in [3.05, 3.63) is 57.0 Å². The highest BCUT2D eigenvalue weighted by molar-refractivity contribution is 9.10. The molecule has 8 heteroatoms. The molecule has 6 nitrogen and oxygen atoms in total. The number of nitrogens with zero attached hydrogens (tertiary/aromatic N) is 1. The van der Waals surface area contributed by atoms with Gasteiger partial charge >= 0.3 is 0 Å². The molecule has 0 aromatic heterocycles. The molecule has 0 radical (unpaired) electrons. The number of hydrazine groups is 1. The number of ether oxygens (including phenoxy) is 1. The predicted molar refractivity (Wildman–Crippen MR) is 97.4 cm³/mol. The van der Waals surface area contributed by atoms with Crippen LogP contribution in [0.5, 0.6) is 11.5 Å². The van der Waals surface area contributed by atoms with E-state index >= 15 is 0 Å². The first-order valence-corrected chi connectivity index (χ1v) is 8.28. The van der Waals surface area contributed by atoms with Gasteiger partial charge in [0.1, 0.15) is 10.6 Å². The Hall–Kier alpha value is -2.51. The molecule has 2 aromatic rings. The van der Waals surface area contributed by atoms with Crippen molar-refractivity contribution in [1.82, 2.24) is 5.43 Å². The number of para-hydroxylation sites is 1. The second-order valence-corrected chi connectivity index (χ2v) is 6.29. The lowest BCUT2D eigenvalue weighted by Gasteiger charge is -2.14. The molecule has 2 aromatic carbocycles. The average molecular weight is 424 g/mol. The number of amides is 2. The zero-order valence-electron chi connectivity index (χ0n) is 12.9. The number of carbonyl (C=O) groups excluding carboxylic acids is 2. The van der Waals surface area contributed by atoms with Crippen molar-refractivity contribution in [2.24, 2.45) is 0 Å². The number of benzene rings is 2. The number of nitrogens with one attached hydrogen (secondary N) is 1. The van der Waals surface area contributed by atoms with Crippen molar-refractivity contribution < 1.29 is 19.4 Å². The summed E-state index contributed by atoms with van der Waals surface area (Å²) in [6, 6.07) is 10.2. The molecule has 0 atom stereocenters. The van der Waals surface area contributed by atoms with Crippen LogP contribution >= 0.6 is 27.5 Å². The largest absolute Gasteiger partial charge is 0.503 e. The van der Waals surface area contributed by atoms with Crippen molar-refractivity contribution >= 4 is 51.1 Å². The van der Waals surface area contributed by atoms with E-state index in [1.54, 1.807) is 24.3 Å². The summed E-state index contributed by atoms with van der Waals surface area (Å²) in [5, 5.41) is 11.1. The highest BCUT2D eigenvalue weighted by Gasteiger charge is 2.34. The number of anilines is 1. The molecule has 1 heterocycles. The molecule has 25 heavy (non-hydrogen) atoms. The Balaban J connectivity index is 2.04. The summed E-state index contributed by atoms with van der Waals surface area (Å²) in [4.78, 5) is 24.8. The van der Waals surface area contributed by atoms with Gasteiger partial charge in [0.15, 0.2) is 11.5 Å². The van der Waals surface area contributed by atoms with Gasteiger partial charge in [-0.2, -0.15) is 0 Å². The molecule has 3 rings (SSSR count). The third kappa shape index (κ3) is 3.08. The quantitative estimate of drug-likeness (QED) is 0.587. The van der Waals surface area contributed by atoms with Gasteiger partial charge in [-0.25, -0.2) is 5.01 Å². The summed E-state index contributed by atoms with van der Waals surface area (Å²) in [5.74, 6) is -1.13. The zero-order valence-corrected chi connectivity index (χ0v) is 15.3. The third-order valence-electron chi connectivity index (χ3n) is 3.60. The van der Waals surface area contributed by atoms with Crippen LogP contribution in [-0.2, 0) is 9.59 Å². The van der Waals surface area contributed by atoms with Crippen molar-refractivity contribution in [3.63, 3.8) is 0 Å². The van der Waals surface area contributed by atoms with Crippen LogP contribution < -0.4 is 15.2 Å². The predicted octanol–water partition coefficient (Wildman–Crippen LogP) is 3.28. The molecule has 2 N–H and O–H groups in total. The Labute approximate surface area is 156 Å². The number of rotatable bonds is 3. The van der Waals surface area contributed by atoms with E-state index < -0.39 is 11.8 Å². The van der Waals surface area contributed by atoms with Gasteiger partial charge in [0.25, 0.3) is 11.8 Å². The van der Waals surface area contributed by atoms with Crippen LogP contribution in [0.2, 0.25) is 5.02 Å². The van der Waals surface area contributed by atoms with E-state index in [9.17, 15) is 14.7 Å². The van der Waals surface area contributed by atoms with Crippen LogP contribution in [0.3, 0.4) is 0 Å². The second kappa shape index (κ2) is 6.78. The van der Waals surface area contributed by atoms with Gasteiger partial charge in [0.05, 0.1) is 12.8 Å². The lowest BCUT2D eigenvalue weighted by Crippen LogP contribution is -2.35. The molecule has 0 bridgehead atoms. The molecule has 1 aliphatic heterocycles. The first-order valence-electron chi connectivity index (χ1n) is 7.11. The Morgan fingerprint density at radius 1 is 1.28 bits per heavy atom. The number of phenols is 1. The maximum absolute atomic E-state index is 12.6. The molecule has 128 valence electrons. The van der Waals surface area contributed by atoms with Gasteiger partial charge in [-0.15, -0.1) is 0 Å². The van der Waals surface area contributed by atoms with Crippen molar-refractivity contribution in [3.8, 4) is 11.5 Å². The van der Waals surface area contributed by atoms with Gasteiger partial charge in [-0.05, 0) is 45.8 Å². The number of halogens is 2. The molecular weight excluding hydrogens is 412 g/mol. The summed E-state index contributed by atoms with van der Waals surface area (Å²) in [6.45, 7) is 0. The summed E-state index contributed by atoms with van der Waals surface area (Å²) in [7, 11) is 1.38. The Bertz CT molecular complexity index is 899. The molecule has 1 aliphatic rings. The summed E-state index contributed by atoms with van der Waals surface area (Å²) in [5.41, 5.74) is 3.42. The first-order chi connectivity index (χ1) is 11.9. The molecule has 0 unspecified atom stereocenters. The minimum absolute atomic E-state index is 0.0250. The topological polar surface area (TPSA) is 78.9 Å². The van der Waals surface area contributed by atoms with Crippen LogP contribution in [-0.4, -0.2) is 24.0 Å². The van der Waals surface area contributed by atoms with Crippen LogP contribution in [0.25, 0.3) is 6.08 Å². The summed E-state index contributed by atoms with van der Waals surface area (Å²) < 4.78 is 5.40. The second-order valence-electron chi connectivity index (χ2n) is 5.12. The maximum atomic E-state index is 12.6. The Morgan fingerprint density at radius 3 is 2.60 bits per heavy atom. The molecule has 0 saturated carbocycles. The number of phenolic OH excluding ortho intramolecular Hbond substituents is 1. The van der Waals surface area contributed by atoms with E-state index in [1.165, 1.54) is 24.3 Å². The summed E-state index contributed by atoms with van der Waals surface area (Å²) in [6.07, 6.45) is 1.39. The van der Waals surface area contributed by atoms with E-state index in [-0.39, 0.29) is 22.1 Å². The Kier molecular flexibility index (Phi) is 4.69. The average Bonchev–Trinajstić information content (AvgIpc) is 2.91. The van der Waals surface area contributed by atoms with Crippen molar-refractivity contribution in [2.45, 2.75) is 0 Å². The number of hydrogen-bond donors (Lipinski definition) is 2. The normalized spacial score (nSPS) is 15.6.